The van der Waals surface area contributed by atoms with E-state index in [1.54, 1.807) is 24.3 Å². The van der Waals surface area contributed by atoms with Gasteiger partial charge in [0.25, 0.3) is 0 Å². The summed E-state index contributed by atoms with van der Waals surface area (Å²) < 4.78 is 5.45. The molecule has 26 heavy (non-hydrogen) atoms. The predicted molar refractivity (Wildman–Crippen MR) is 99.1 cm³/mol. The maximum absolute atomic E-state index is 12.2. The number of amides is 1. The fourth-order valence-corrected chi connectivity index (χ4v) is 2.87. The Labute approximate surface area is 154 Å². The molecule has 2 aromatic carbocycles. The van der Waals surface area contributed by atoms with Crippen LogP contribution in [-0.4, -0.2) is 27.6 Å². The Kier molecular flexibility index (Phi) is 4.41. The minimum atomic E-state index is -0.391. The lowest BCUT2D eigenvalue weighted by atomic mass is 10.1. The van der Waals surface area contributed by atoms with E-state index in [4.69, 9.17) is 16.0 Å². The van der Waals surface area contributed by atoms with E-state index in [9.17, 15) is 4.79 Å². The van der Waals surface area contributed by atoms with E-state index in [2.05, 4.69) is 26.6 Å². The van der Waals surface area contributed by atoms with Crippen molar-refractivity contribution in [1.29, 1.82) is 0 Å². The molecule has 0 bridgehead atoms. The van der Waals surface area contributed by atoms with Crippen LogP contribution in [0.25, 0.3) is 22.4 Å². The van der Waals surface area contributed by atoms with Gasteiger partial charge >= 0.3 is 11.8 Å². The van der Waals surface area contributed by atoms with Crippen LogP contribution in [0.3, 0.4) is 0 Å². The molecule has 2 N–H and O–H groups in total. The number of hydrogen-bond acceptors (Lipinski definition) is 4. The van der Waals surface area contributed by atoms with Crippen molar-refractivity contribution >= 4 is 28.4 Å². The minimum absolute atomic E-state index is 0.0612. The molecule has 4 aromatic rings. The van der Waals surface area contributed by atoms with Gasteiger partial charge in [0.2, 0.25) is 5.89 Å². The number of fused-ring (bicyclic) bond motifs is 1. The molecule has 6 nitrogen and oxygen atoms in total. The molecule has 0 atom stereocenters. The van der Waals surface area contributed by atoms with Gasteiger partial charge in [-0.1, -0.05) is 29.8 Å². The monoisotopic (exact) mass is 366 g/mol. The number of nitrogens with zero attached hydrogens (tertiary/aromatic N) is 2. The number of carbonyl (C=O) groups is 1. The van der Waals surface area contributed by atoms with Crippen LogP contribution in [0.15, 0.2) is 59.1 Å². The van der Waals surface area contributed by atoms with E-state index in [0.29, 0.717) is 23.6 Å². The fraction of sp³-hybridized carbons (Fsp3) is 0.105. The molecule has 0 spiro atoms. The number of rotatable bonds is 5. The molecule has 2 heterocycles. The fourth-order valence-electron chi connectivity index (χ4n) is 2.75. The Morgan fingerprint density at radius 1 is 1.12 bits per heavy atom. The standard InChI is InChI=1S/C19H15ClN4O2/c20-14-7-5-12(6-8-14)18-23-24-19(26-18)17(25)21-10-9-13-11-22-16-4-2-1-3-15(13)16/h1-8,11,22H,9-10H2,(H,21,25). The normalized spacial score (nSPS) is 11.0. The smallest absolute Gasteiger partial charge is 0.308 e. The molecule has 0 aliphatic carbocycles. The van der Waals surface area contributed by atoms with E-state index in [1.165, 1.54) is 0 Å². The number of halogens is 1. The SMILES string of the molecule is O=C(NCCc1c[nH]c2ccccc12)c1nnc(-c2ccc(Cl)cc2)o1. The van der Waals surface area contributed by atoms with Crippen LogP contribution in [0.4, 0.5) is 0 Å². The number of para-hydroxylation sites is 1. The summed E-state index contributed by atoms with van der Waals surface area (Å²) in [6, 6.07) is 15.0. The molecule has 130 valence electrons. The summed E-state index contributed by atoms with van der Waals surface area (Å²) in [5.74, 6) is -0.171. The lowest BCUT2D eigenvalue weighted by Gasteiger charge is -2.01. The molecule has 7 heteroatoms. The molecule has 0 aliphatic heterocycles. The first kappa shape index (κ1) is 16.4. The molecule has 4 rings (SSSR count). The van der Waals surface area contributed by atoms with E-state index in [-0.39, 0.29) is 11.8 Å². The lowest BCUT2D eigenvalue weighted by Crippen LogP contribution is -2.25. The highest BCUT2D eigenvalue weighted by Gasteiger charge is 2.15. The van der Waals surface area contributed by atoms with Crippen LogP contribution < -0.4 is 5.32 Å². The van der Waals surface area contributed by atoms with Crippen LogP contribution >= 0.6 is 11.6 Å². The number of hydrogen-bond donors (Lipinski definition) is 2. The van der Waals surface area contributed by atoms with E-state index < -0.39 is 5.91 Å². The summed E-state index contributed by atoms with van der Waals surface area (Å²) in [7, 11) is 0. The summed E-state index contributed by atoms with van der Waals surface area (Å²) in [5.41, 5.74) is 2.94. The van der Waals surface area contributed by atoms with Crippen molar-refractivity contribution in [1.82, 2.24) is 20.5 Å². The second-order valence-corrected chi connectivity index (χ2v) is 6.22. The van der Waals surface area contributed by atoms with Gasteiger partial charge in [0.1, 0.15) is 0 Å². The van der Waals surface area contributed by atoms with Gasteiger partial charge in [-0.15, -0.1) is 10.2 Å². The van der Waals surface area contributed by atoms with Crippen LogP contribution in [0, 0.1) is 0 Å². The van der Waals surface area contributed by atoms with Gasteiger partial charge in [-0.05, 0) is 42.3 Å². The molecular weight excluding hydrogens is 352 g/mol. The molecule has 2 aromatic heterocycles. The van der Waals surface area contributed by atoms with E-state index in [0.717, 1.165) is 16.5 Å². The third-order valence-electron chi connectivity index (χ3n) is 4.07. The van der Waals surface area contributed by atoms with Crippen LogP contribution in [0.5, 0.6) is 0 Å². The van der Waals surface area contributed by atoms with Crippen molar-refractivity contribution in [2.75, 3.05) is 6.54 Å². The van der Waals surface area contributed by atoms with Crippen molar-refractivity contribution in [2.24, 2.45) is 0 Å². The zero-order valence-corrected chi connectivity index (χ0v) is 14.5. The van der Waals surface area contributed by atoms with Crippen molar-refractivity contribution in [3.8, 4) is 11.5 Å². The molecule has 0 radical (unpaired) electrons. The summed E-state index contributed by atoms with van der Waals surface area (Å²) in [6.07, 6.45) is 2.66. The molecule has 0 unspecified atom stereocenters. The van der Waals surface area contributed by atoms with Crippen molar-refractivity contribution in [3.05, 3.63) is 71.2 Å². The van der Waals surface area contributed by atoms with Gasteiger partial charge < -0.3 is 14.7 Å². The Bertz CT molecular complexity index is 1050. The first-order valence-electron chi connectivity index (χ1n) is 8.13. The van der Waals surface area contributed by atoms with Gasteiger partial charge in [0, 0.05) is 34.2 Å². The first-order chi connectivity index (χ1) is 12.7. The van der Waals surface area contributed by atoms with Gasteiger partial charge in [-0.25, -0.2) is 0 Å². The number of H-pyrrole nitrogens is 1. The van der Waals surface area contributed by atoms with Crippen LogP contribution in [0.1, 0.15) is 16.2 Å². The summed E-state index contributed by atoms with van der Waals surface area (Å²) in [4.78, 5) is 15.4. The van der Waals surface area contributed by atoms with Crippen LogP contribution in [0.2, 0.25) is 5.02 Å². The van der Waals surface area contributed by atoms with Crippen molar-refractivity contribution in [3.63, 3.8) is 0 Å². The maximum atomic E-state index is 12.2. The quantitative estimate of drug-likeness (QED) is 0.562. The van der Waals surface area contributed by atoms with Gasteiger partial charge in [-0.2, -0.15) is 0 Å². The topological polar surface area (TPSA) is 83.8 Å². The zero-order valence-electron chi connectivity index (χ0n) is 13.7. The maximum Gasteiger partial charge on any atom is 0.308 e. The highest BCUT2D eigenvalue weighted by Crippen LogP contribution is 2.20. The molecule has 0 aliphatic rings. The molecule has 0 saturated carbocycles. The molecule has 0 saturated heterocycles. The highest BCUT2D eigenvalue weighted by molar-refractivity contribution is 6.30. The average Bonchev–Trinajstić information content (AvgIpc) is 3.30. The number of aromatic nitrogens is 3. The minimum Gasteiger partial charge on any atom is -0.412 e. The largest absolute Gasteiger partial charge is 0.412 e. The second-order valence-electron chi connectivity index (χ2n) is 5.78. The Morgan fingerprint density at radius 2 is 1.92 bits per heavy atom. The average molecular weight is 367 g/mol. The summed E-state index contributed by atoms with van der Waals surface area (Å²) in [6.45, 7) is 0.472. The number of carbonyl (C=O) groups excluding carboxylic acids is 1. The number of nitrogens with one attached hydrogen (secondary N) is 2. The third kappa shape index (κ3) is 3.32. The first-order valence-corrected chi connectivity index (χ1v) is 8.51. The summed E-state index contributed by atoms with van der Waals surface area (Å²) >= 11 is 5.86. The number of aromatic amines is 1. The Balaban J connectivity index is 1.39. The third-order valence-corrected chi connectivity index (χ3v) is 4.32. The number of benzene rings is 2. The van der Waals surface area contributed by atoms with Gasteiger partial charge in [0.05, 0.1) is 0 Å². The summed E-state index contributed by atoms with van der Waals surface area (Å²) in [5, 5.41) is 12.3. The van der Waals surface area contributed by atoms with Gasteiger partial charge in [0.15, 0.2) is 0 Å². The van der Waals surface area contributed by atoms with Crippen molar-refractivity contribution in [2.45, 2.75) is 6.42 Å². The van der Waals surface area contributed by atoms with E-state index in [1.807, 2.05) is 24.4 Å². The predicted octanol–water partition coefficient (Wildman–Crippen LogP) is 3.84. The highest BCUT2D eigenvalue weighted by atomic mass is 35.5. The van der Waals surface area contributed by atoms with Crippen LogP contribution in [-0.2, 0) is 6.42 Å². The van der Waals surface area contributed by atoms with Crippen molar-refractivity contribution < 1.29 is 9.21 Å². The van der Waals surface area contributed by atoms with E-state index >= 15 is 0 Å². The molecular formula is C19H15ClN4O2. The van der Waals surface area contributed by atoms with Gasteiger partial charge in [-0.3, -0.25) is 4.79 Å². The molecule has 1 amide bonds. The zero-order chi connectivity index (χ0) is 17.9. The lowest BCUT2D eigenvalue weighted by molar-refractivity contribution is 0.0920. The Hall–Kier alpha value is -3.12. The Morgan fingerprint density at radius 3 is 2.77 bits per heavy atom. The second kappa shape index (κ2) is 7.01. The molecule has 0 fully saturated rings.